The van der Waals surface area contributed by atoms with E-state index in [1.807, 2.05) is 0 Å². The van der Waals surface area contributed by atoms with Crippen molar-refractivity contribution in [2.24, 2.45) is 0 Å². The fourth-order valence-corrected chi connectivity index (χ4v) is 3.13. The molecule has 1 aliphatic rings. The maximum Gasteiger partial charge on any atom is 0.262 e. The Bertz CT molecular complexity index is 1180. The monoisotopic (exact) mass is 359 g/mol. The summed E-state index contributed by atoms with van der Waals surface area (Å²) < 4.78 is 1.08. The number of carbonyl (C=O) groups is 3. The predicted octanol–water partition coefficient (Wildman–Crippen LogP) is 1.53. The summed E-state index contributed by atoms with van der Waals surface area (Å²) in [5.41, 5.74) is 6.27. The summed E-state index contributed by atoms with van der Waals surface area (Å²) in [5.74, 6) is -1.82. The van der Waals surface area contributed by atoms with Crippen molar-refractivity contribution < 1.29 is 14.4 Å². The molecule has 0 aliphatic carbocycles. The molecule has 3 aromatic rings. The number of pyridine rings is 1. The second kappa shape index (κ2) is 6.06. The van der Waals surface area contributed by atoms with E-state index in [2.05, 4.69) is 5.32 Å². The SMILES string of the molecule is Nc1c2c(cc(=O)n1-c1ccccc1C(=O)c1ccccc1)C(=O)NC2=O. The van der Waals surface area contributed by atoms with Gasteiger partial charge in [-0.25, -0.2) is 0 Å². The molecule has 3 N–H and O–H groups in total. The molecule has 0 spiro atoms. The molecule has 2 amide bonds. The quantitative estimate of drug-likeness (QED) is 0.544. The molecule has 1 aliphatic heterocycles. The number of aromatic nitrogens is 1. The molecule has 132 valence electrons. The smallest absolute Gasteiger partial charge is 0.262 e. The van der Waals surface area contributed by atoms with Crippen LogP contribution in [0.4, 0.5) is 5.82 Å². The Morgan fingerprint density at radius 2 is 1.56 bits per heavy atom. The van der Waals surface area contributed by atoms with Crippen LogP contribution in [0.15, 0.2) is 65.5 Å². The number of amides is 2. The Morgan fingerprint density at radius 3 is 2.30 bits per heavy atom. The van der Waals surface area contributed by atoms with Crippen LogP contribution in [0, 0.1) is 0 Å². The molecule has 0 fully saturated rings. The fraction of sp³-hybridized carbons (Fsp3) is 0. The summed E-state index contributed by atoms with van der Waals surface area (Å²) in [4.78, 5) is 49.4. The molecule has 1 aromatic heterocycles. The van der Waals surface area contributed by atoms with Crippen molar-refractivity contribution in [2.75, 3.05) is 5.73 Å². The molecular weight excluding hydrogens is 346 g/mol. The first-order chi connectivity index (χ1) is 13.0. The highest BCUT2D eigenvalue weighted by Crippen LogP contribution is 2.25. The summed E-state index contributed by atoms with van der Waals surface area (Å²) in [6.07, 6.45) is 0. The number of nitrogen functional groups attached to an aromatic ring is 1. The third-order valence-electron chi connectivity index (χ3n) is 4.38. The van der Waals surface area contributed by atoms with Gasteiger partial charge in [0.1, 0.15) is 5.82 Å². The van der Waals surface area contributed by atoms with Crippen molar-refractivity contribution >= 4 is 23.4 Å². The standard InChI is InChI=1S/C20H13N3O4/c21-18-16-13(19(26)22-20(16)27)10-15(24)23(18)14-9-5-4-8-12(14)17(25)11-6-2-1-3-7-11/h1-10H,21H2,(H,22,26,27). The lowest BCUT2D eigenvalue weighted by Gasteiger charge is -2.15. The Labute approximate surface area is 153 Å². The minimum absolute atomic E-state index is 0.0642. The molecule has 27 heavy (non-hydrogen) atoms. The van der Waals surface area contributed by atoms with Gasteiger partial charge in [0, 0.05) is 17.2 Å². The summed E-state index contributed by atoms with van der Waals surface area (Å²) in [5, 5.41) is 2.12. The molecule has 0 saturated heterocycles. The molecular formula is C20H13N3O4. The first-order valence-electron chi connectivity index (χ1n) is 8.09. The molecule has 0 bridgehead atoms. The number of fused-ring (bicyclic) bond motifs is 1. The zero-order valence-electron chi connectivity index (χ0n) is 13.9. The number of nitrogens with two attached hydrogens (primary N) is 1. The van der Waals surface area contributed by atoms with Crippen LogP contribution in [0.2, 0.25) is 0 Å². The van der Waals surface area contributed by atoms with Gasteiger partial charge < -0.3 is 5.73 Å². The summed E-state index contributed by atoms with van der Waals surface area (Å²) >= 11 is 0. The number of imide groups is 1. The third kappa shape index (κ3) is 2.53. The lowest BCUT2D eigenvalue weighted by atomic mass is 10.0. The van der Waals surface area contributed by atoms with Crippen LogP contribution in [-0.2, 0) is 0 Å². The zero-order chi connectivity index (χ0) is 19.1. The van der Waals surface area contributed by atoms with Crippen LogP contribution in [0.25, 0.3) is 5.69 Å². The van der Waals surface area contributed by atoms with Crippen LogP contribution in [0.5, 0.6) is 0 Å². The molecule has 7 nitrogen and oxygen atoms in total. The molecule has 0 saturated carbocycles. The number of para-hydroxylation sites is 1. The maximum absolute atomic E-state index is 12.9. The molecule has 0 atom stereocenters. The van der Waals surface area contributed by atoms with Crippen molar-refractivity contribution in [3.63, 3.8) is 0 Å². The van der Waals surface area contributed by atoms with E-state index in [4.69, 9.17) is 5.73 Å². The number of anilines is 1. The molecule has 2 aromatic carbocycles. The van der Waals surface area contributed by atoms with E-state index in [-0.39, 0.29) is 34.0 Å². The number of carbonyl (C=O) groups excluding carboxylic acids is 3. The summed E-state index contributed by atoms with van der Waals surface area (Å²) in [6, 6.07) is 16.1. The van der Waals surface area contributed by atoms with E-state index in [1.165, 1.54) is 0 Å². The van der Waals surface area contributed by atoms with Crippen LogP contribution in [0.1, 0.15) is 36.6 Å². The molecule has 0 unspecified atom stereocenters. The topological polar surface area (TPSA) is 111 Å². The Hall–Kier alpha value is -4.00. The minimum Gasteiger partial charge on any atom is -0.384 e. The molecule has 2 heterocycles. The Kier molecular flexibility index (Phi) is 3.70. The number of nitrogens with zero attached hydrogens (tertiary/aromatic N) is 1. The van der Waals surface area contributed by atoms with Crippen molar-refractivity contribution in [3.05, 3.63) is 93.3 Å². The van der Waals surface area contributed by atoms with Gasteiger partial charge in [-0.3, -0.25) is 29.1 Å². The Morgan fingerprint density at radius 1 is 0.889 bits per heavy atom. The molecule has 0 radical (unpaired) electrons. The van der Waals surface area contributed by atoms with Crippen LogP contribution in [-0.4, -0.2) is 22.2 Å². The van der Waals surface area contributed by atoms with Gasteiger partial charge >= 0.3 is 0 Å². The Balaban J connectivity index is 1.96. The van der Waals surface area contributed by atoms with Crippen LogP contribution >= 0.6 is 0 Å². The lowest BCUT2D eigenvalue weighted by Crippen LogP contribution is -2.25. The van der Waals surface area contributed by atoms with E-state index in [0.29, 0.717) is 5.56 Å². The molecule has 4 rings (SSSR count). The fourth-order valence-electron chi connectivity index (χ4n) is 3.13. The first-order valence-corrected chi connectivity index (χ1v) is 8.09. The predicted molar refractivity (Wildman–Crippen MR) is 98.1 cm³/mol. The van der Waals surface area contributed by atoms with Gasteiger partial charge in [-0.05, 0) is 12.1 Å². The maximum atomic E-state index is 12.9. The second-order valence-electron chi connectivity index (χ2n) is 5.99. The largest absolute Gasteiger partial charge is 0.384 e. The summed E-state index contributed by atoms with van der Waals surface area (Å²) in [6.45, 7) is 0. The van der Waals surface area contributed by atoms with E-state index >= 15 is 0 Å². The van der Waals surface area contributed by atoms with E-state index < -0.39 is 17.4 Å². The van der Waals surface area contributed by atoms with E-state index in [9.17, 15) is 19.2 Å². The number of nitrogens with one attached hydrogen (secondary N) is 1. The van der Waals surface area contributed by atoms with Crippen molar-refractivity contribution in [1.29, 1.82) is 0 Å². The highest BCUT2D eigenvalue weighted by atomic mass is 16.2. The van der Waals surface area contributed by atoms with Gasteiger partial charge in [-0.1, -0.05) is 42.5 Å². The van der Waals surface area contributed by atoms with E-state index in [0.717, 1.165) is 10.6 Å². The van der Waals surface area contributed by atoms with Gasteiger partial charge in [0.15, 0.2) is 5.78 Å². The van der Waals surface area contributed by atoms with Gasteiger partial charge in [0.2, 0.25) is 0 Å². The average Bonchev–Trinajstić information content (AvgIpc) is 2.96. The first kappa shape index (κ1) is 16.5. The number of benzene rings is 2. The van der Waals surface area contributed by atoms with E-state index in [1.54, 1.807) is 54.6 Å². The van der Waals surface area contributed by atoms with Gasteiger partial charge in [-0.15, -0.1) is 0 Å². The zero-order valence-corrected chi connectivity index (χ0v) is 13.9. The molecule has 7 heteroatoms. The number of hydrogen-bond acceptors (Lipinski definition) is 5. The average molecular weight is 359 g/mol. The van der Waals surface area contributed by atoms with Gasteiger partial charge in [0.25, 0.3) is 17.4 Å². The highest BCUT2D eigenvalue weighted by molar-refractivity contribution is 6.23. The normalized spacial score (nSPS) is 12.6. The lowest BCUT2D eigenvalue weighted by molar-refractivity contribution is 0.0879. The van der Waals surface area contributed by atoms with Crippen molar-refractivity contribution in [2.45, 2.75) is 0 Å². The van der Waals surface area contributed by atoms with Gasteiger partial charge in [0.05, 0.1) is 16.8 Å². The number of ketones is 1. The van der Waals surface area contributed by atoms with Crippen molar-refractivity contribution in [1.82, 2.24) is 9.88 Å². The minimum atomic E-state index is -0.673. The second-order valence-corrected chi connectivity index (χ2v) is 5.99. The van der Waals surface area contributed by atoms with Crippen molar-refractivity contribution in [3.8, 4) is 5.69 Å². The van der Waals surface area contributed by atoms with Crippen LogP contribution < -0.4 is 16.6 Å². The summed E-state index contributed by atoms with van der Waals surface area (Å²) in [7, 11) is 0. The van der Waals surface area contributed by atoms with Crippen LogP contribution in [0.3, 0.4) is 0 Å². The third-order valence-corrected chi connectivity index (χ3v) is 4.38. The number of hydrogen-bond donors (Lipinski definition) is 2. The van der Waals surface area contributed by atoms with Gasteiger partial charge in [-0.2, -0.15) is 0 Å². The number of rotatable bonds is 3. The highest BCUT2D eigenvalue weighted by Gasteiger charge is 2.32.